The molecule has 0 radical (unpaired) electrons. The van der Waals surface area contributed by atoms with E-state index in [1.807, 2.05) is 18.2 Å². The Kier molecular flexibility index (Phi) is 6.69. The van der Waals surface area contributed by atoms with Crippen LogP contribution in [0.5, 0.6) is 0 Å². The van der Waals surface area contributed by atoms with Gasteiger partial charge in [0.05, 0.1) is 12.6 Å². The van der Waals surface area contributed by atoms with Crippen molar-refractivity contribution in [1.82, 2.24) is 10.2 Å². The smallest absolute Gasteiger partial charge is 0.234 e. The van der Waals surface area contributed by atoms with Crippen LogP contribution in [0.2, 0.25) is 0 Å². The predicted molar refractivity (Wildman–Crippen MR) is 110 cm³/mol. The first-order chi connectivity index (χ1) is 12.7. The van der Waals surface area contributed by atoms with Crippen molar-refractivity contribution in [2.45, 2.75) is 19.4 Å². The Balaban J connectivity index is 1.48. The number of benzene rings is 2. The first-order valence-electron chi connectivity index (χ1n) is 9.23. The molecule has 3 rings (SSSR count). The van der Waals surface area contributed by atoms with Crippen LogP contribution in [0.15, 0.2) is 59.1 Å². The van der Waals surface area contributed by atoms with Crippen molar-refractivity contribution in [3.63, 3.8) is 0 Å². The third-order valence-electron chi connectivity index (χ3n) is 4.88. The topological polar surface area (TPSA) is 35.6 Å². The van der Waals surface area contributed by atoms with E-state index in [0.717, 1.165) is 42.6 Å². The Hall–Kier alpha value is -1.85. The van der Waals surface area contributed by atoms with Crippen LogP contribution in [0.4, 0.5) is 5.69 Å². The van der Waals surface area contributed by atoms with Gasteiger partial charge in [-0.25, -0.2) is 0 Å². The first kappa shape index (κ1) is 18.9. The molecule has 1 amide bonds. The molecule has 5 heteroatoms. The summed E-state index contributed by atoms with van der Waals surface area (Å²) in [5.74, 6) is 0.105. The van der Waals surface area contributed by atoms with Gasteiger partial charge in [-0.15, -0.1) is 0 Å². The van der Waals surface area contributed by atoms with Crippen LogP contribution >= 0.6 is 15.9 Å². The SMILES string of the molecule is CC[C@H](NC(=O)CN1CCN(c2ccccc2)CC1)c1ccc(Br)cc1. The average molecular weight is 416 g/mol. The Labute approximate surface area is 164 Å². The van der Waals surface area contributed by atoms with Crippen molar-refractivity contribution in [2.75, 3.05) is 37.6 Å². The van der Waals surface area contributed by atoms with Gasteiger partial charge in [0.2, 0.25) is 5.91 Å². The fraction of sp³-hybridized carbons (Fsp3) is 0.381. The number of rotatable bonds is 6. The minimum Gasteiger partial charge on any atom is -0.369 e. The standard InChI is InChI=1S/C21H26BrN3O/c1-2-20(17-8-10-18(22)11-9-17)23-21(26)16-24-12-14-25(15-13-24)19-6-4-3-5-7-19/h3-11,20H,2,12-16H2,1H3,(H,23,26)/t20-/m0/s1. The van der Waals surface area contributed by atoms with Crippen LogP contribution in [-0.4, -0.2) is 43.5 Å². The molecule has 2 aromatic rings. The van der Waals surface area contributed by atoms with Crippen molar-refractivity contribution in [3.05, 3.63) is 64.6 Å². The molecule has 1 aliphatic rings. The number of hydrogen-bond donors (Lipinski definition) is 1. The van der Waals surface area contributed by atoms with Gasteiger partial charge in [0, 0.05) is 36.3 Å². The first-order valence-corrected chi connectivity index (χ1v) is 10.0. The van der Waals surface area contributed by atoms with E-state index in [-0.39, 0.29) is 11.9 Å². The maximum absolute atomic E-state index is 12.5. The van der Waals surface area contributed by atoms with Gasteiger partial charge in [0.25, 0.3) is 0 Å². The molecule has 0 saturated carbocycles. The molecule has 0 unspecified atom stereocenters. The highest BCUT2D eigenvalue weighted by Gasteiger charge is 2.20. The molecular weight excluding hydrogens is 390 g/mol. The fourth-order valence-corrected chi connectivity index (χ4v) is 3.63. The molecule has 0 spiro atoms. The molecule has 26 heavy (non-hydrogen) atoms. The predicted octanol–water partition coefficient (Wildman–Crippen LogP) is 3.84. The molecule has 1 aliphatic heterocycles. The highest BCUT2D eigenvalue weighted by Crippen LogP contribution is 2.20. The van der Waals surface area contributed by atoms with E-state index in [9.17, 15) is 4.79 Å². The third-order valence-corrected chi connectivity index (χ3v) is 5.41. The van der Waals surface area contributed by atoms with Crippen LogP contribution in [0.3, 0.4) is 0 Å². The van der Waals surface area contributed by atoms with Gasteiger partial charge in [0.15, 0.2) is 0 Å². The molecule has 0 aliphatic carbocycles. The summed E-state index contributed by atoms with van der Waals surface area (Å²) in [7, 11) is 0. The number of carbonyl (C=O) groups excluding carboxylic acids is 1. The van der Waals surface area contributed by atoms with E-state index in [1.165, 1.54) is 5.69 Å². The highest BCUT2D eigenvalue weighted by atomic mass is 79.9. The second kappa shape index (κ2) is 9.19. The molecule has 138 valence electrons. The molecule has 1 N–H and O–H groups in total. The molecule has 4 nitrogen and oxygen atoms in total. The maximum Gasteiger partial charge on any atom is 0.234 e. The van der Waals surface area contributed by atoms with Crippen LogP contribution < -0.4 is 10.2 Å². The van der Waals surface area contributed by atoms with E-state index in [0.29, 0.717) is 6.54 Å². The lowest BCUT2D eigenvalue weighted by Gasteiger charge is -2.36. The Morgan fingerprint density at radius 3 is 2.31 bits per heavy atom. The lowest BCUT2D eigenvalue weighted by Crippen LogP contribution is -2.49. The Morgan fingerprint density at radius 2 is 1.69 bits per heavy atom. The lowest BCUT2D eigenvalue weighted by atomic mass is 10.0. The lowest BCUT2D eigenvalue weighted by molar-refractivity contribution is -0.123. The summed E-state index contributed by atoms with van der Waals surface area (Å²) in [6.45, 7) is 6.32. The van der Waals surface area contributed by atoms with Crippen molar-refractivity contribution >= 4 is 27.5 Å². The van der Waals surface area contributed by atoms with E-state index in [4.69, 9.17) is 0 Å². The molecule has 1 fully saturated rings. The van der Waals surface area contributed by atoms with Crippen molar-refractivity contribution in [3.8, 4) is 0 Å². The third kappa shape index (κ3) is 5.08. The van der Waals surface area contributed by atoms with E-state index >= 15 is 0 Å². The number of halogens is 1. The zero-order valence-electron chi connectivity index (χ0n) is 15.2. The Morgan fingerprint density at radius 1 is 1.04 bits per heavy atom. The molecule has 0 bridgehead atoms. The summed E-state index contributed by atoms with van der Waals surface area (Å²) in [5, 5.41) is 3.18. The molecule has 1 atom stereocenters. The van der Waals surface area contributed by atoms with Crippen molar-refractivity contribution < 1.29 is 4.79 Å². The second-order valence-electron chi connectivity index (χ2n) is 6.68. The zero-order valence-corrected chi connectivity index (χ0v) is 16.8. The summed E-state index contributed by atoms with van der Waals surface area (Å²) in [5.41, 5.74) is 2.41. The quantitative estimate of drug-likeness (QED) is 0.778. The van der Waals surface area contributed by atoms with Crippen molar-refractivity contribution in [1.29, 1.82) is 0 Å². The van der Waals surface area contributed by atoms with Crippen molar-refractivity contribution in [2.24, 2.45) is 0 Å². The monoisotopic (exact) mass is 415 g/mol. The summed E-state index contributed by atoms with van der Waals surface area (Å²) in [6.07, 6.45) is 0.884. The van der Waals surface area contributed by atoms with Gasteiger partial charge in [-0.3, -0.25) is 9.69 Å². The number of nitrogens with zero attached hydrogens (tertiary/aromatic N) is 2. The largest absolute Gasteiger partial charge is 0.369 e. The fourth-order valence-electron chi connectivity index (χ4n) is 3.36. The average Bonchev–Trinajstić information content (AvgIpc) is 2.68. The minimum absolute atomic E-state index is 0.0706. The number of nitrogens with one attached hydrogen (secondary N) is 1. The number of para-hydroxylation sites is 1. The van der Waals surface area contributed by atoms with E-state index < -0.39 is 0 Å². The summed E-state index contributed by atoms with van der Waals surface area (Å²) >= 11 is 3.46. The van der Waals surface area contributed by atoms with Crippen LogP contribution in [0.1, 0.15) is 24.9 Å². The molecule has 2 aromatic carbocycles. The van der Waals surface area contributed by atoms with Crippen LogP contribution in [0, 0.1) is 0 Å². The number of piperazine rings is 1. The molecular formula is C21H26BrN3O. The molecule has 0 aromatic heterocycles. The number of carbonyl (C=O) groups is 1. The second-order valence-corrected chi connectivity index (χ2v) is 7.59. The van der Waals surface area contributed by atoms with Gasteiger partial charge in [-0.1, -0.05) is 53.2 Å². The van der Waals surface area contributed by atoms with Crippen LogP contribution in [0.25, 0.3) is 0 Å². The van der Waals surface area contributed by atoms with E-state index in [1.54, 1.807) is 0 Å². The van der Waals surface area contributed by atoms with Gasteiger partial charge < -0.3 is 10.2 Å². The summed E-state index contributed by atoms with van der Waals surface area (Å²) in [6, 6.07) is 18.7. The summed E-state index contributed by atoms with van der Waals surface area (Å²) < 4.78 is 1.05. The highest BCUT2D eigenvalue weighted by molar-refractivity contribution is 9.10. The normalized spacial score (nSPS) is 16.3. The minimum atomic E-state index is 0.0706. The molecule has 1 saturated heterocycles. The maximum atomic E-state index is 12.5. The molecule has 1 heterocycles. The van der Waals surface area contributed by atoms with Gasteiger partial charge >= 0.3 is 0 Å². The number of anilines is 1. The van der Waals surface area contributed by atoms with E-state index in [2.05, 4.69) is 74.4 Å². The van der Waals surface area contributed by atoms with Gasteiger partial charge in [0.1, 0.15) is 0 Å². The Bertz CT molecular complexity index is 697. The van der Waals surface area contributed by atoms with Gasteiger partial charge in [-0.2, -0.15) is 0 Å². The number of amides is 1. The number of hydrogen-bond acceptors (Lipinski definition) is 3. The van der Waals surface area contributed by atoms with Crippen LogP contribution in [-0.2, 0) is 4.79 Å². The zero-order chi connectivity index (χ0) is 18.4. The summed E-state index contributed by atoms with van der Waals surface area (Å²) in [4.78, 5) is 17.1. The van der Waals surface area contributed by atoms with Gasteiger partial charge in [-0.05, 0) is 36.2 Å².